The van der Waals surface area contributed by atoms with Crippen molar-refractivity contribution in [3.63, 3.8) is 0 Å². The molecule has 2 aromatic carbocycles. The van der Waals surface area contributed by atoms with Crippen molar-refractivity contribution >= 4 is 29.1 Å². The second-order valence-electron chi connectivity index (χ2n) is 4.46. The fourth-order valence-electron chi connectivity index (χ4n) is 1.83. The predicted octanol–water partition coefficient (Wildman–Crippen LogP) is 5.12. The number of hydrogen-bond acceptors (Lipinski definition) is 3. The summed E-state index contributed by atoms with van der Waals surface area (Å²) in [6.45, 7) is -0.907. The molecule has 0 bridgehead atoms. The first-order valence-electron chi connectivity index (χ1n) is 6.18. The van der Waals surface area contributed by atoms with Crippen LogP contribution in [0.4, 0.5) is 14.5 Å². The number of thioether (sulfide) groups is 1. The number of nitrogens with two attached hydrogens (primary N) is 1. The van der Waals surface area contributed by atoms with Crippen molar-refractivity contribution in [2.75, 3.05) is 5.73 Å². The van der Waals surface area contributed by atoms with Gasteiger partial charge in [-0.15, -0.1) is 11.8 Å². The van der Waals surface area contributed by atoms with Crippen LogP contribution in [0.5, 0.6) is 5.75 Å². The molecule has 2 rings (SSSR count). The van der Waals surface area contributed by atoms with Gasteiger partial charge in [0, 0.05) is 26.9 Å². The zero-order valence-corrected chi connectivity index (χ0v) is 12.8. The number of halogens is 3. The molecule has 2 nitrogen and oxygen atoms in total. The Morgan fingerprint density at radius 1 is 1.24 bits per heavy atom. The molecule has 112 valence electrons. The minimum absolute atomic E-state index is 0.132. The summed E-state index contributed by atoms with van der Waals surface area (Å²) in [4.78, 5) is 0.892. The molecule has 21 heavy (non-hydrogen) atoms. The summed E-state index contributed by atoms with van der Waals surface area (Å²) in [7, 11) is 0. The van der Waals surface area contributed by atoms with Crippen LogP contribution in [-0.4, -0.2) is 6.61 Å². The van der Waals surface area contributed by atoms with Crippen LogP contribution in [0, 0.1) is 6.92 Å². The first kappa shape index (κ1) is 15.9. The van der Waals surface area contributed by atoms with Crippen LogP contribution in [0.25, 0.3) is 0 Å². The fraction of sp³-hybridized carbons (Fsp3) is 0.200. The summed E-state index contributed by atoms with van der Waals surface area (Å²) >= 11 is 7.36. The Kier molecular flexibility index (Phi) is 5.31. The van der Waals surface area contributed by atoms with Crippen LogP contribution in [-0.2, 0) is 5.75 Å². The number of nitrogen functional groups attached to an aromatic ring is 1. The van der Waals surface area contributed by atoms with E-state index in [1.54, 1.807) is 6.07 Å². The van der Waals surface area contributed by atoms with Crippen LogP contribution in [0.1, 0.15) is 11.1 Å². The second kappa shape index (κ2) is 7.00. The first-order chi connectivity index (χ1) is 9.95. The van der Waals surface area contributed by atoms with Crippen molar-refractivity contribution in [3.05, 3.63) is 52.5 Å². The van der Waals surface area contributed by atoms with E-state index in [9.17, 15) is 8.78 Å². The molecule has 0 saturated heterocycles. The molecule has 0 unspecified atom stereocenters. The molecule has 0 aliphatic heterocycles. The van der Waals surface area contributed by atoms with Crippen LogP contribution in [0.2, 0.25) is 5.02 Å². The molecule has 2 aromatic rings. The number of alkyl halides is 2. The minimum atomic E-state index is -2.86. The molecular formula is C15H14ClF2NOS. The largest absolute Gasteiger partial charge is 0.435 e. The maximum Gasteiger partial charge on any atom is 0.387 e. The van der Waals surface area contributed by atoms with Gasteiger partial charge < -0.3 is 10.5 Å². The highest BCUT2D eigenvalue weighted by Gasteiger charge is 2.11. The van der Waals surface area contributed by atoms with Crippen LogP contribution in [0.15, 0.2) is 41.3 Å². The lowest BCUT2D eigenvalue weighted by Crippen LogP contribution is -2.04. The summed E-state index contributed by atoms with van der Waals surface area (Å²) < 4.78 is 29.3. The van der Waals surface area contributed by atoms with Crippen molar-refractivity contribution in [2.45, 2.75) is 24.2 Å². The smallest absolute Gasteiger partial charge is 0.387 e. The van der Waals surface area contributed by atoms with E-state index in [2.05, 4.69) is 4.74 Å². The van der Waals surface area contributed by atoms with Gasteiger partial charge in [0.2, 0.25) is 0 Å². The van der Waals surface area contributed by atoms with Crippen molar-refractivity contribution in [2.24, 2.45) is 0 Å². The van der Waals surface area contributed by atoms with Gasteiger partial charge in [-0.1, -0.05) is 17.7 Å². The minimum Gasteiger partial charge on any atom is -0.435 e. The van der Waals surface area contributed by atoms with Crippen LogP contribution >= 0.6 is 23.4 Å². The second-order valence-corrected chi connectivity index (χ2v) is 5.91. The van der Waals surface area contributed by atoms with Gasteiger partial charge in [0.05, 0.1) is 0 Å². The summed E-state index contributed by atoms with van der Waals surface area (Å²) in [5.74, 6) is 0.572. The van der Waals surface area contributed by atoms with E-state index in [0.717, 1.165) is 10.5 Å². The van der Waals surface area contributed by atoms with Gasteiger partial charge in [0.1, 0.15) is 5.75 Å². The number of rotatable bonds is 5. The van der Waals surface area contributed by atoms with E-state index in [1.165, 1.54) is 23.9 Å². The summed E-state index contributed by atoms with van der Waals surface area (Å²) in [6.07, 6.45) is 0. The Morgan fingerprint density at radius 3 is 2.67 bits per heavy atom. The molecule has 2 N–H and O–H groups in total. The van der Waals surface area contributed by atoms with E-state index >= 15 is 0 Å². The number of aryl methyl sites for hydroxylation is 1. The van der Waals surface area contributed by atoms with E-state index in [-0.39, 0.29) is 5.75 Å². The average Bonchev–Trinajstić information content (AvgIpc) is 2.40. The van der Waals surface area contributed by atoms with Crippen LogP contribution in [0.3, 0.4) is 0 Å². The van der Waals surface area contributed by atoms with E-state index in [0.29, 0.717) is 22.0 Å². The highest BCUT2D eigenvalue weighted by molar-refractivity contribution is 7.98. The van der Waals surface area contributed by atoms with Gasteiger partial charge in [0.25, 0.3) is 0 Å². The average molecular weight is 330 g/mol. The van der Waals surface area contributed by atoms with Gasteiger partial charge in [-0.3, -0.25) is 0 Å². The van der Waals surface area contributed by atoms with E-state index in [4.69, 9.17) is 17.3 Å². The third-order valence-corrected chi connectivity index (χ3v) is 4.16. The number of anilines is 1. The Morgan fingerprint density at radius 2 is 2.00 bits per heavy atom. The standard InChI is InChI=1S/C15H14ClF2NOS/c1-9-2-5-14(12(19)6-9)21-8-10-7-11(16)3-4-13(10)20-15(17)18/h2-7,15H,8,19H2,1H3. The predicted molar refractivity (Wildman–Crippen MR) is 83.2 cm³/mol. The molecule has 6 heteroatoms. The first-order valence-corrected chi connectivity index (χ1v) is 7.54. The maximum atomic E-state index is 12.4. The highest BCUT2D eigenvalue weighted by atomic mass is 35.5. The van der Waals surface area contributed by atoms with Crippen molar-refractivity contribution < 1.29 is 13.5 Å². The van der Waals surface area contributed by atoms with Crippen molar-refractivity contribution in [1.82, 2.24) is 0 Å². The molecule has 0 spiro atoms. The van der Waals surface area contributed by atoms with E-state index in [1.807, 2.05) is 25.1 Å². The SMILES string of the molecule is Cc1ccc(SCc2cc(Cl)ccc2OC(F)F)c(N)c1. The Labute approximate surface area is 131 Å². The molecule has 0 aliphatic rings. The normalized spacial score (nSPS) is 10.9. The number of hydrogen-bond donors (Lipinski definition) is 1. The molecule has 0 aromatic heterocycles. The number of ether oxygens (including phenoxy) is 1. The quantitative estimate of drug-likeness (QED) is 0.610. The third-order valence-electron chi connectivity index (χ3n) is 2.79. The number of benzene rings is 2. The van der Waals surface area contributed by atoms with E-state index < -0.39 is 6.61 Å². The Hall–Kier alpha value is -1.46. The summed E-state index contributed by atoms with van der Waals surface area (Å²) in [5, 5.41) is 0.476. The fourth-order valence-corrected chi connectivity index (χ4v) is 2.95. The Balaban J connectivity index is 2.16. The Bertz CT molecular complexity index is 637. The van der Waals surface area contributed by atoms with Gasteiger partial charge in [-0.2, -0.15) is 8.78 Å². The van der Waals surface area contributed by atoms with Crippen molar-refractivity contribution in [3.8, 4) is 5.75 Å². The van der Waals surface area contributed by atoms with Crippen LogP contribution < -0.4 is 10.5 Å². The summed E-state index contributed by atoms with van der Waals surface area (Å²) in [5.41, 5.74) is 8.28. The molecule has 0 radical (unpaired) electrons. The van der Waals surface area contributed by atoms with Gasteiger partial charge in [-0.25, -0.2) is 0 Å². The molecule has 0 saturated carbocycles. The molecule has 0 fully saturated rings. The molecule has 0 amide bonds. The molecule has 0 heterocycles. The monoisotopic (exact) mass is 329 g/mol. The van der Waals surface area contributed by atoms with Gasteiger partial charge in [0.15, 0.2) is 0 Å². The maximum absolute atomic E-state index is 12.4. The molecule has 0 aliphatic carbocycles. The lowest BCUT2D eigenvalue weighted by Gasteiger charge is -2.12. The topological polar surface area (TPSA) is 35.2 Å². The van der Waals surface area contributed by atoms with Gasteiger partial charge in [-0.05, 0) is 42.8 Å². The molecule has 0 atom stereocenters. The zero-order valence-electron chi connectivity index (χ0n) is 11.3. The lowest BCUT2D eigenvalue weighted by molar-refractivity contribution is -0.0503. The van der Waals surface area contributed by atoms with Crippen molar-refractivity contribution in [1.29, 1.82) is 0 Å². The lowest BCUT2D eigenvalue weighted by atomic mass is 10.2. The highest BCUT2D eigenvalue weighted by Crippen LogP contribution is 2.33. The summed E-state index contributed by atoms with van der Waals surface area (Å²) in [6, 6.07) is 10.3. The third kappa shape index (κ3) is 4.51. The van der Waals surface area contributed by atoms with Gasteiger partial charge >= 0.3 is 6.61 Å². The zero-order chi connectivity index (χ0) is 15.4. The molecular weight excluding hydrogens is 316 g/mol.